The molecule has 0 radical (unpaired) electrons. The fourth-order valence-corrected chi connectivity index (χ4v) is 3.20. The zero-order chi connectivity index (χ0) is 21.8. The maximum absolute atomic E-state index is 12.3. The van der Waals surface area contributed by atoms with Crippen molar-refractivity contribution in [1.29, 1.82) is 0 Å². The van der Waals surface area contributed by atoms with E-state index in [1.54, 1.807) is 0 Å². The summed E-state index contributed by atoms with van der Waals surface area (Å²) in [6.45, 7) is 13.9. The maximum atomic E-state index is 12.3. The van der Waals surface area contributed by atoms with Gasteiger partial charge < -0.3 is 10.1 Å². The molecule has 1 aromatic carbocycles. The summed E-state index contributed by atoms with van der Waals surface area (Å²) < 4.78 is 5.55. The Morgan fingerprint density at radius 1 is 1.17 bits per heavy atom. The quantitative estimate of drug-likeness (QED) is 0.664. The molecule has 1 aromatic heterocycles. The van der Waals surface area contributed by atoms with E-state index in [0.29, 0.717) is 17.2 Å². The van der Waals surface area contributed by atoms with E-state index in [1.165, 1.54) is 0 Å². The van der Waals surface area contributed by atoms with Crippen LogP contribution < -0.4 is 5.32 Å². The maximum Gasteiger partial charge on any atom is 0.407 e. The minimum absolute atomic E-state index is 0.0568. The van der Waals surface area contributed by atoms with Crippen molar-refractivity contribution in [2.24, 2.45) is 5.92 Å². The number of nitrogens with one attached hydrogen (secondary N) is 1. The highest BCUT2D eigenvalue weighted by atomic mass is 16.5. The van der Waals surface area contributed by atoms with Crippen LogP contribution in [0.2, 0.25) is 0 Å². The van der Waals surface area contributed by atoms with Crippen LogP contribution in [0, 0.1) is 19.8 Å². The molecule has 0 unspecified atom stereocenters. The molecule has 0 saturated heterocycles. The van der Waals surface area contributed by atoms with E-state index < -0.39 is 11.6 Å². The molecule has 0 aliphatic heterocycles. The summed E-state index contributed by atoms with van der Waals surface area (Å²) >= 11 is 0. The largest absolute Gasteiger partial charge is 0.445 e. The van der Waals surface area contributed by atoms with E-state index in [-0.39, 0.29) is 6.61 Å². The number of amides is 1. The average molecular weight is 397 g/mol. The lowest BCUT2D eigenvalue weighted by Crippen LogP contribution is -2.40. The van der Waals surface area contributed by atoms with Crippen LogP contribution in [0.15, 0.2) is 24.3 Å². The average Bonchev–Trinajstić information content (AvgIpc) is 2.59. The predicted octanol–water partition coefficient (Wildman–Crippen LogP) is 5.40. The summed E-state index contributed by atoms with van der Waals surface area (Å²) in [5.41, 5.74) is 5.34. The molecule has 0 aliphatic carbocycles. The number of alkyl carbamates (subject to hydrolysis) is 1. The van der Waals surface area contributed by atoms with Gasteiger partial charge in [0.15, 0.2) is 6.29 Å². The standard InChI is InChI=1S/C24H32N2O3/c1-15(2)12-21-20(14-29-23(28)26-24(5,6)7)22(19(13-27)17(4)25-21)18-10-8-16(3)9-11-18/h8-11,13,15H,12,14H2,1-7H3,(H,26,28). The van der Waals surface area contributed by atoms with Crippen molar-refractivity contribution in [3.63, 3.8) is 0 Å². The predicted molar refractivity (Wildman–Crippen MR) is 116 cm³/mol. The Morgan fingerprint density at radius 3 is 2.31 bits per heavy atom. The third-order valence-electron chi connectivity index (χ3n) is 4.50. The zero-order valence-corrected chi connectivity index (χ0v) is 18.6. The number of ether oxygens (including phenoxy) is 1. The topological polar surface area (TPSA) is 68.3 Å². The summed E-state index contributed by atoms with van der Waals surface area (Å²) in [6.07, 6.45) is 1.09. The van der Waals surface area contributed by atoms with Crippen molar-refractivity contribution in [3.05, 3.63) is 52.3 Å². The fraction of sp³-hybridized carbons (Fsp3) is 0.458. The summed E-state index contributed by atoms with van der Waals surface area (Å²) in [4.78, 5) is 28.9. The molecule has 0 bridgehead atoms. The third kappa shape index (κ3) is 6.14. The number of nitrogens with zero attached hydrogens (tertiary/aromatic N) is 1. The Bertz CT molecular complexity index is 878. The van der Waals surface area contributed by atoms with Gasteiger partial charge >= 0.3 is 6.09 Å². The van der Waals surface area contributed by atoms with Gasteiger partial charge in [0.25, 0.3) is 0 Å². The minimum atomic E-state index is -0.490. The van der Waals surface area contributed by atoms with Gasteiger partial charge in [0.1, 0.15) is 6.61 Å². The van der Waals surface area contributed by atoms with Crippen LogP contribution >= 0.6 is 0 Å². The smallest absolute Gasteiger partial charge is 0.407 e. The number of carbonyl (C=O) groups is 2. The number of pyridine rings is 1. The van der Waals surface area contributed by atoms with Crippen LogP contribution in [0.1, 0.15) is 67.5 Å². The SMILES string of the molecule is Cc1ccc(-c2c(C=O)c(C)nc(CC(C)C)c2COC(=O)NC(C)(C)C)cc1. The van der Waals surface area contributed by atoms with Gasteiger partial charge in [-0.05, 0) is 52.5 Å². The first kappa shape index (κ1) is 22.6. The van der Waals surface area contributed by atoms with Gasteiger partial charge in [-0.15, -0.1) is 0 Å². The Hall–Kier alpha value is -2.69. The molecule has 0 atom stereocenters. The number of hydrogen-bond donors (Lipinski definition) is 1. The normalized spacial score (nSPS) is 11.4. The van der Waals surface area contributed by atoms with Crippen molar-refractivity contribution in [2.45, 2.75) is 67.0 Å². The van der Waals surface area contributed by atoms with E-state index in [2.05, 4.69) is 19.2 Å². The van der Waals surface area contributed by atoms with Crippen LogP contribution in [0.4, 0.5) is 4.79 Å². The Labute approximate surface area is 173 Å². The first-order valence-electron chi connectivity index (χ1n) is 10.0. The monoisotopic (exact) mass is 396 g/mol. The van der Waals surface area contributed by atoms with Gasteiger partial charge in [0.05, 0.1) is 0 Å². The molecule has 5 nitrogen and oxygen atoms in total. The highest BCUT2D eigenvalue weighted by Crippen LogP contribution is 2.32. The first-order valence-corrected chi connectivity index (χ1v) is 10.0. The molecule has 0 aliphatic rings. The molecule has 2 rings (SSSR count). The highest BCUT2D eigenvalue weighted by Gasteiger charge is 2.22. The zero-order valence-electron chi connectivity index (χ0n) is 18.6. The van der Waals surface area contributed by atoms with Crippen LogP contribution in [0.5, 0.6) is 0 Å². The number of hydrogen-bond acceptors (Lipinski definition) is 4. The molecule has 2 aromatic rings. The summed E-state index contributed by atoms with van der Waals surface area (Å²) in [7, 11) is 0. The van der Waals surface area contributed by atoms with Crippen molar-refractivity contribution in [2.75, 3.05) is 0 Å². The number of aromatic nitrogens is 1. The molecule has 0 fully saturated rings. The molecule has 1 amide bonds. The lowest BCUT2D eigenvalue weighted by atomic mass is 9.90. The Morgan fingerprint density at radius 2 is 1.79 bits per heavy atom. The van der Waals surface area contributed by atoms with Gasteiger partial charge in [0, 0.05) is 33.6 Å². The molecular formula is C24H32N2O3. The molecule has 5 heteroatoms. The van der Waals surface area contributed by atoms with Crippen LogP contribution in [0.3, 0.4) is 0 Å². The lowest BCUT2D eigenvalue weighted by Gasteiger charge is -2.22. The number of carbonyl (C=O) groups excluding carboxylic acids is 2. The fourth-order valence-electron chi connectivity index (χ4n) is 3.20. The van der Waals surface area contributed by atoms with Crippen LogP contribution in [0.25, 0.3) is 11.1 Å². The van der Waals surface area contributed by atoms with E-state index in [4.69, 9.17) is 9.72 Å². The highest BCUT2D eigenvalue weighted by molar-refractivity contribution is 5.90. The second kappa shape index (κ2) is 9.21. The van der Waals surface area contributed by atoms with E-state index in [0.717, 1.165) is 40.7 Å². The Kier molecular flexibility index (Phi) is 7.17. The molecule has 1 N–H and O–H groups in total. The number of aldehydes is 1. The van der Waals surface area contributed by atoms with Gasteiger partial charge in [-0.1, -0.05) is 43.7 Å². The first-order chi connectivity index (χ1) is 13.5. The van der Waals surface area contributed by atoms with E-state index >= 15 is 0 Å². The van der Waals surface area contributed by atoms with Gasteiger partial charge in [0.2, 0.25) is 0 Å². The summed E-state index contributed by atoms with van der Waals surface area (Å²) in [5.74, 6) is 0.372. The summed E-state index contributed by atoms with van der Waals surface area (Å²) in [5, 5.41) is 2.81. The molecule has 0 spiro atoms. The Balaban J connectivity index is 2.58. The molecule has 29 heavy (non-hydrogen) atoms. The number of aryl methyl sites for hydroxylation is 2. The van der Waals surface area contributed by atoms with Gasteiger partial charge in [-0.2, -0.15) is 0 Å². The van der Waals surface area contributed by atoms with E-state index in [9.17, 15) is 9.59 Å². The molecule has 1 heterocycles. The van der Waals surface area contributed by atoms with Crippen LogP contribution in [-0.2, 0) is 17.8 Å². The van der Waals surface area contributed by atoms with Crippen molar-refractivity contribution >= 4 is 12.4 Å². The van der Waals surface area contributed by atoms with Crippen molar-refractivity contribution < 1.29 is 14.3 Å². The molecular weight excluding hydrogens is 364 g/mol. The third-order valence-corrected chi connectivity index (χ3v) is 4.50. The van der Waals surface area contributed by atoms with Crippen molar-refractivity contribution in [1.82, 2.24) is 10.3 Å². The van der Waals surface area contributed by atoms with Gasteiger partial charge in [-0.25, -0.2) is 4.79 Å². The summed E-state index contributed by atoms with van der Waals surface area (Å²) in [6, 6.07) is 8.02. The van der Waals surface area contributed by atoms with Crippen molar-refractivity contribution in [3.8, 4) is 11.1 Å². The number of benzene rings is 1. The minimum Gasteiger partial charge on any atom is -0.445 e. The van der Waals surface area contributed by atoms with Crippen LogP contribution in [-0.4, -0.2) is 22.9 Å². The molecule has 156 valence electrons. The second-order valence-electron chi connectivity index (χ2n) is 8.94. The number of rotatable bonds is 6. The second-order valence-corrected chi connectivity index (χ2v) is 8.94. The van der Waals surface area contributed by atoms with E-state index in [1.807, 2.05) is 58.9 Å². The lowest BCUT2D eigenvalue weighted by molar-refractivity contribution is 0.112. The molecule has 0 saturated carbocycles. The van der Waals surface area contributed by atoms with Gasteiger partial charge in [-0.3, -0.25) is 9.78 Å².